The van der Waals surface area contributed by atoms with Crippen LogP contribution >= 0.6 is 0 Å². The van der Waals surface area contributed by atoms with Gasteiger partial charge >= 0.3 is 5.97 Å². The quantitative estimate of drug-likeness (QED) is 0.805. The molecule has 4 heteroatoms. The molecule has 4 nitrogen and oxygen atoms in total. The van der Waals surface area contributed by atoms with Gasteiger partial charge in [-0.25, -0.2) is 4.79 Å². The van der Waals surface area contributed by atoms with E-state index in [0.29, 0.717) is 17.5 Å². The molecule has 0 unspecified atom stereocenters. The third kappa shape index (κ3) is 2.63. The maximum atomic E-state index is 11.8. The van der Waals surface area contributed by atoms with Crippen molar-refractivity contribution in [3.63, 3.8) is 0 Å². The Morgan fingerprint density at radius 2 is 2.18 bits per heavy atom. The number of benzene rings is 1. The number of aliphatic hydroxyl groups excluding tert-OH is 1. The zero-order valence-corrected chi connectivity index (χ0v) is 9.99. The molecule has 0 saturated heterocycles. The molecule has 0 aliphatic carbocycles. The standard InChI is InChI=1S/C13H15NO3/c1-3-11-10(8-15)6-5-9(7-14)12(11)13(16)17-4-2/h5-6,15H,3-4,8H2,1-2H3. The van der Waals surface area contributed by atoms with Crippen LogP contribution in [-0.2, 0) is 17.8 Å². The molecule has 1 aromatic rings. The van der Waals surface area contributed by atoms with Crippen molar-refractivity contribution in [1.82, 2.24) is 0 Å². The number of aliphatic hydroxyl groups is 1. The predicted molar refractivity (Wildman–Crippen MR) is 62.4 cm³/mol. The first-order chi connectivity index (χ1) is 8.19. The Bertz CT molecular complexity index is 460. The van der Waals surface area contributed by atoms with Crippen molar-refractivity contribution in [2.75, 3.05) is 6.61 Å². The van der Waals surface area contributed by atoms with E-state index in [4.69, 9.17) is 10.00 Å². The number of nitriles is 1. The molecular formula is C13H15NO3. The third-order valence-electron chi connectivity index (χ3n) is 2.53. The topological polar surface area (TPSA) is 70.3 Å². The van der Waals surface area contributed by atoms with Gasteiger partial charge in [0.15, 0.2) is 0 Å². The summed E-state index contributed by atoms with van der Waals surface area (Å²) in [6.07, 6.45) is 0.569. The zero-order valence-electron chi connectivity index (χ0n) is 9.99. The average Bonchev–Trinajstić information content (AvgIpc) is 2.36. The highest BCUT2D eigenvalue weighted by atomic mass is 16.5. The molecule has 0 aliphatic rings. The molecule has 0 radical (unpaired) electrons. The summed E-state index contributed by atoms with van der Waals surface area (Å²) < 4.78 is 4.94. The van der Waals surface area contributed by atoms with E-state index in [1.54, 1.807) is 13.0 Å². The molecule has 0 spiro atoms. The number of nitrogens with zero attached hydrogens (tertiary/aromatic N) is 1. The lowest BCUT2D eigenvalue weighted by atomic mass is 9.95. The van der Waals surface area contributed by atoms with Gasteiger partial charge in [0.05, 0.1) is 24.3 Å². The monoisotopic (exact) mass is 233 g/mol. The Morgan fingerprint density at radius 3 is 2.65 bits per heavy atom. The number of esters is 1. The van der Waals surface area contributed by atoms with E-state index >= 15 is 0 Å². The van der Waals surface area contributed by atoms with Crippen LogP contribution in [0.15, 0.2) is 12.1 Å². The number of hydrogen-bond donors (Lipinski definition) is 1. The fourth-order valence-corrected chi connectivity index (χ4v) is 1.77. The minimum absolute atomic E-state index is 0.152. The minimum Gasteiger partial charge on any atom is -0.462 e. The molecule has 1 aromatic carbocycles. The van der Waals surface area contributed by atoms with Crippen molar-refractivity contribution in [3.8, 4) is 6.07 Å². The molecule has 90 valence electrons. The molecule has 0 saturated carbocycles. The van der Waals surface area contributed by atoms with Crippen molar-refractivity contribution in [1.29, 1.82) is 5.26 Å². The van der Waals surface area contributed by atoms with Crippen LogP contribution in [0.1, 0.15) is 40.9 Å². The summed E-state index contributed by atoms with van der Waals surface area (Å²) in [7, 11) is 0. The second kappa shape index (κ2) is 6.02. The minimum atomic E-state index is -0.504. The summed E-state index contributed by atoms with van der Waals surface area (Å²) in [6.45, 7) is 3.70. The summed E-state index contributed by atoms with van der Waals surface area (Å²) >= 11 is 0. The van der Waals surface area contributed by atoms with Gasteiger partial charge < -0.3 is 9.84 Å². The van der Waals surface area contributed by atoms with Crippen LogP contribution in [0.5, 0.6) is 0 Å². The Morgan fingerprint density at radius 1 is 1.47 bits per heavy atom. The van der Waals surface area contributed by atoms with Gasteiger partial charge in [-0.1, -0.05) is 13.0 Å². The van der Waals surface area contributed by atoms with E-state index < -0.39 is 5.97 Å². The lowest BCUT2D eigenvalue weighted by Crippen LogP contribution is -2.12. The van der Waals surface area contributed by atoms with Crippen LogP contribution in [0.2, 0.25) is 0 Å². The normalized spacial score (nSPS) is 9.76. The second-order valence-corrected chi connectivity index (χ2v) is 3.47. The summed E-state index contributed by atoms with van der Waals surface area (Å²) in [5.74, 6) is -0.504. The summed E-state index contributed by atoms with van der Waals surface area (Å²) in [5, 5.41) is 18.2. The number of rotatable bonds is 4. The maximum absolute atomic E-state index is 11.8. The van der Waals surface area contributed by atoms with Gasteiger partial charge in [0.25, 0.3) is 0 Å². The van der Waals surface area contributed by atoms with E-state index in [-0.39, 0.29) is 24.3 Å². The van der Waals surface area contributed by atoms with Gasteiger partial charge in [-0.15, -0.1) is 0 Å². The van der Waals surface area contributed by atoms with Gasteiger partial charge in [0.2, 0.25) is 0 Å². The molecule has 0 atom stereocenters. The first-order valence-electron chi connectivity index (χ1n) is 5.52. The van der Waals surface area contributed by atoms with Crippen LogP contribution in [0, 0.1) is 11.3 Å². The molecule has 0 heterocycles. The van der Waals surface area contributed by atoms with Crippen molar-refractivity contribution < 1.29 is 14.6 Å². The fraction of sp³-hybridized carbons (Fsp3) is 0.385. The van der Waals surface area contributed by atoms with Crippen LogP contribution in [0.4, 0.5) is 0 Å². The molecule has 1 N–H and O–H groups in total. The maximum Gasteiger partial charge on any atom is 0.339 e. The van der Waals surface area contributed by atoms with Gasteiger partial charge in [-0.3, -0.25) is 0 Å². The van der Waals surface area contributed by atoms with Crippen LogP contribution in [-0.4, -0.2) is 17.7 Å². The first kappa shape index (κ1) is 13.2. The van der Waals surface area contributed by atoms with E-state index in [1.807, 2.05) is 13.0 Å². The van der Waals surface area contributed by atoms with Crippen molar-refractivity contribution in [2.24, 2.45) is 0 Å². The van der Waals surface area contributed by atoms with Gasteiger partial charge in [-0.2, -0.15) is 5.26 Å². The summed E-state index contributed by atoms with van der Waals surface area (Å²) in [4.78, 5) is 11.8. The van der Waals surface area contributed by atoms with Crippen molar-refractivity contribution in [3.05, 3.63) is 34.4 Å². The molecule has 1 rings (SSSR count). The van der Waals surface area contributed by atoms with Crippen molar-refractivity contribution in [2.45, 2.75) is 26.9 Å². The lowest BCUT2D eigenvalue weighted by molar-refractivity contribution is 0.0524. The Hall–Kier alpha value is -1.86. The van der Waals surface area contributed by atoms with E-state index in [0.717, 1.165) is 0 Å². The SMILES string of the molecule is CCOC(=O)c1c(C#N)ccc(CO)c1CC. The average molecular weight is 233 g/mol. The Kier molecular flexibility index (Phi) is 4.68. The largest absolute Gasteiger partial charge is 0.462 e. The Labute approximate surface area is 100 Å². The zero-order chi connectivity index (χ0) is 12.8. The van der Waals surface area contributed by atoms with Crippen LogP contribution in [0.3, 0.4) is 0 Å². The molecule has 0 aromatic heterocycles. The molecule has 0 bridgehead atoms. The third-order valence-corrected chi connectivity index (χ3v) is 2.53. The van der Waals surface area contributed by atoms with Gasteiger partial charge in [0.1, 0.15) is 6.07 Å². The van der Waals surface area contributed by atoms with Crippen LogP contribution in [0.25, 0.3) is 0 Å². The summed E-state index contributed by atoms with van der Waals surface area (Å²) in [5.41, 5.74) is 1.92. The Balaban J connectivity index is 3.41. The highest BCUT2D eigenvalue weighted by molar-refractivity contribution is 5.94. The number of hydrogen-bond acceptors (Lipinski definition) is 4. The first-order valence-corrected chi connectivity index (χ1v) is 5.52. The number of ether oxygens (including phenoxy) is 1. The van der Waals surface area contributed by atoms with Gasteiger partial charge in [-0.05, 0) is 30.5 Å². The predicted octanol–water partition coefficient (Wildman–Crippen LogP) is 1.79. The highest BCUT2D eigenvalue weighted by Crippen LogP contribution is 2.21. The molecule has 0 amide bonds. The van der Waals surface area contributed by atoms with E-state index in [1.165, 1.54) is 6.07 Å². The fourth-order valence-electron chi connectivity index (χ4n) is 1.77. The van der Waals surface area contributed by atoms with E-state index in [2.05, 4.69) is 0 Å². The molecule has 17 heavy (non-hydrogen) atoms. The molecule has 0 fully saturated rings. The smallest absolute Gasteiger partial charge is 0.339 e. The number of carbonyl (C=O) groups excluding carboxylic acids is 1. The molecule has 0 aliphatic heterocycles. The molecular weight excluding hydrogens is 218 g/mol. The summed E-state index contributed by atoms with van der Waals surface area (Å²) in [6, 6.07) is 5.18. The highest BCUT2D eigenvalue weighted by Gasteiger charge is 2.19. The van der Waals surface area contributed by atoms with Crippen molar-refractivity contribution >= 4 is 5.97 Å². The van der Waals surface area contributed by atoms with Gasteiger partial charge in [0, 0.05) is 0 Å². The lowest BCUT2D eigenvalue weighted by Gasteiger charge is -2.12. The van der Waals surface area contributed by atoms with Crippen LogP contribution < -0.4 is 0 Å². The number of carbonyl (C=O) groups is 1. The second-order valence-electron chi connectivity index (χ2n) is 3.47. The van der Waals surface area contributed by atoms with E-state index in [9.17, 15) is 9.90 Å².